The Kier molecular flexibility index (Phi) is 5.21. The number of rotatable bonds is 5. The highest BCUT2D eigenvalue weighted by Gasteiger charge is 2.19. The number of hydrogen-bond donors (Lipinski definition) is 1. The van der Waals surface area contributed by atoms with Crippen LogP contribution in [0.15, 0.2) is 81.8 Å². The first-order valence-electron chi connectivity index (χ1n) is 8.95. The molecule has 1 aromatic heterocycles. The van der Waals surface area contributed by atoms with Gasteiger partial charge in [0.25, 0.3) is 0 Å². The molecule has 0 saturated carbocycles. The van der Waals surface area contributed by atoms with Crippen LogP contribution in [0.5, 0.6) is 0 Å². The van der Waals surface area contributed by atoms with Crippen LogP contribution in [0.25, 0.3) is 17.1 Å². The van der Waals surface area contributed by atoms with Gasteiger partial charge in [0.15, 0.2) is 5.82 Å². The van der Waals surface area contributed by atoms with Crippen LogP contribution < -0.4 is 5.32 Å². The second-order valence-corrected chi connectivity index (χ2v) is 9.55. The minimum Gasteiger partial charge on any atom is -0.353 e. The molecular formula is C22H17BrFN3O2S. The van der Waals surface area contributed by atoms with Crippen molar-refractivity contribution in [1.29, 1.82) is 0 Å². The summed E-state index contributed by atoms with van der Waals surface area (Å²) in [5, 5.41) is 3.02. The van der Waals surface area contributed by atoms with Crippen LogP contribution in [0.1, 0.15) is 5.56 Å². The van der Waals surface area contributed by atoms with Crippen molar-refractivity contribution in [3.05, 3.63) is 83.4 Å². The van der Waals surface area contributed by atoms with Crippen molar-refractivity contribution in [2.45, 2.75) is 9.79 Å². The van der Waals surface area contributed by atoms with Crippen LogP contribution in [0.4, 0.5) is 15.8 Å². The van der Waals surface area contributed by atoms with Gasteiger partial charge in [0, 0.05) is 22.8 Å². The monoisotopic (exact) mass is 485 g/mol. The molecule has 3 aromatic carbocycles. The Morgan fingerprint density at radius 1 is 1.10 bits per heavy atom. The largest absolute Gasteiger partial charge is 0.353 e. The lowest BCUT2D eigenvalue weighted by Crippen LogP contribution is -2.03. The second kappa shape index (κ2) is 7.70. The summed E-state index contributed by atoms with van der Waals surface area (Å²) in [6.45, 7) is 3.76. The Balaban J connectivity index is 1.68. The normalized spacial score (nSPS) is 11.6. The van der Waals surface area contributed by atoms with Gasteiger partial charge in [-0.25, -0.2) is 17.8 Å². The molecule has 0 atom stereocenters. The van der Waals surface area contributed by atoms with Gasteiger partial charge in [-0.1, -0.05) is 28.6 Å². The molecule has 0 unspecified atom stereocenters. The van der Waals surface area contributed by atoms with E-state index < -0.39 is 15.7 Å². The molecule has 0 bridgehead atoms. The molecule has 0 aliphatic heterocycles. The Hall–Kier alpha value is -2.97. The van der Waals surface area contributed by atoms with Crippen LogP contribution in [0.3, 0.4) is 0 Å². The standard InChI is InChI=1S/C22H17BrFN3O2S/c1-3-14-12-19-22(25-13-27(19)2)20(24)21(14)26-16-6-10-18(11-7-16)30(28,29)17-8-4-15(23)5-9-17/h3-13,26H,1H2,2H3. The van der Waals surface area contributed by atoms with Crippen molar-refractivity contribution in [3.63, 3.8) is 0 Å². The first-order valence-corrected chi connectivity index (χ1v) is 11.2. The Morgan fingerprint density at radius 3 is 2.30 bits per heavy atom. The van der Waals surface area contributed by atoms with Crippen molar-refractivity contribution < 1.29 is 12.8 Å². The fourth-order valence-corrected chi connectivity index (χ4v) is 4.67. The lowest BCUT2D eigenvalue weighted by molar-refractivity contribution is 0.596. The molecule has 0 spiro atoms. The summed E-state index contributed by atoms with van der Waals surface area (Å²) in [5.74, 6) is -0.491. The predicted molar refractivity (Wildman–Crippen MR) is 120 cm³/mol. The summed E-state index contributed by atoms with van der Waals surface area (Å²) in [6.07, 6.45) is 3.11. The predicted octanol–water partition coefficient (Wildman–Crippen LogP) is 5.69. The van der Waals surface area contributed by atoms with Gasteiger partial charge in [-0.3, -0.25) is 0 Å². The fraction of sp³-hybridized carbons (Fsp3) is 0.0455. The number of aromatic nitrogens is 2. The molecule has 0 aliphatic rings. The molecule has 8 heteroatoms. The maximum Gasteiger partial charge on any atom is 0.206 e. The Bertz CT molecular complexity index is 1360. The quantitative estimate of drug-likeness (QED) is 0.394. The van der Waals surface area contributed by atoms with E-state index in [4.69, 9.17) is 0 Å². The molecule has 0 fully saturated rings. The molecule has 4 rings (SSSR count). The topological polar surface area (TPSA) is 64.0 Å². The summed E-state index contributed by atoms with van der Waals surface area (Å²) >= 11 is 3.30. The van der Waals surface area contributed by atoms with Crippen LogP contribution in [0.2, 0.25) is 0 Å². The second-order valence-electron chi connectivity index (χ2n) is 6.69. The van der Waals surface area contributed by atoms with Gasteiger partial charge in [0.2, 0.25) is 9.84 Å². The van der Waals surface area contributed by atoms with Crippen molar-refractivity contribution in [1.82, 2.24) is 9.55 Å². The summed E-state index contributed by atoms with van der Waals surface area (Å²) < 4.78 is 43.2. The lowest BCUT2D eigenvalue weighted by Gasteiger charge is -2.13. The summed E-state index contributed by atoms with van der Waals surface area (Å²) in [5.41, 5.74) is 2.26. The number of nitrogens with zero attached hydrogens (tertiary/aromatic N) is 2. The number of hydrogen-bond acceptors (Lipinski definition) is 4. The first kappa shape index (κ1) is 20.3. The smallest absolute Gasteiger partial charge is 0.206 e. The van der Waals surface area contributed by atoms with E-state index in [0.29, 0.717) is 16.8 Å². The fourth-order valence-electron chi connectivity index (χ4n) is 3.14. The van der Waals surface area contributed by atoms with Gasteiger partial charge in [-0.05, 0) is 54.6 Å². The van der Waals surface area contributed by atoms with Gasteiger partial charge in [0.05, 0.1) is 27.3 Å². The third kappa shape index (κ3) is 3.53. The van der Waals surface area contributed by atoms with E-state index in [-0.39, 0.29) is 21.0 Å². The molecule has 5 nitrogen and oxygen atoms in total. The first-order chi connectivity index (χ1) is 14.3. The minimum atomic E-state index is -3.64. The highest BCUT2D eigenvalue weighted by atomic mass is 79.9. The molecule has 0 radical (unpaired) electrons. The van der Waals surface area contributed by atoms with E-state index in [9.17, 15) is 8.42 Å². The van der Waals surface area contributed by atoms with E-state index in [1.165, 1.54) is 12.1 Å². The van der Waals surface area contributed by atoms with E-state index >= 15 is 4.39 Å². The number of anilines is 2. The SMILES string of the molecule is C=Cc1cc2c(ncn2C)c(F)c1Nc1ccc(S(=O)(=O)c2ccc(Br)cc2)cc1. The average Bonchev–Trinajstić information content (AvgIpc) is 3.11. The molecule has 30 heavy (non-hydrogen) atoms. The molecule has 0 amide bonds. The Morgan fingerprint density at radius 2 is 1.70 bits per heavy atom. The zero-order chi connectivity index (χ0) is 21.5. The van der Waals surface area contributed by atoms with E-state index in [0.717, 1.165) is 4.47 Å². The Labute approximate surface area is 181 Å². The third-order valence-corrected chi connectivity index (χ3v) is 7.08. The minimum absolute atomic E-state index is 0.153. The van der Waals surface area contributed by atoms with Crippen LogP contribution in [0, 0.1) is 5.82 Å². The van der Waals surface area contributed by atoms with Gasteiger partial charge >= 0.3 is 0 Å². The molecule has 1 heterocycles. The lowest BCUT2D eigenvalue weighted by atomic mass is 10.1. The highest BCUT2D eigenvalue weighted by Crippen LogP contribution is 2.32. The molecule has 0 aliphatic carbocycles. The van der Waals surface area contributed by atoms with Gasteiger partial charge in [-0.15, -0.1) is 0 Å². The summed E-state index contributed by atoms with van der Waals surface area (Å²) in [6, 6.07) is 14.4. The molecule has 152 valence electrons. The number of sulfone groups is 1. The molecule has 4 aromatic rings. The van der Waals surface area contributed by atoms with Gasteiger partial charge in [-0.2, -0.15) is 0 Å². The third-order valence-electron chi connectivity index (χ3n) is 4.77. The number of benzene rings is 3. The number of nitrogens with one attached hydrogen (secondary N) is 1. The zero-order valence-electron chi connectivity index (χ0n) is 15.9. The van der Waals surface area contributed by atoms with Crippen molar-refractivity contribution >= 4 is 54.3 Å². The van der Waals surface area contributed by atoms with E-state index in [2.05, 4.69) is 32.8 Å². The van der Waals surface area contributed by atoms with Gasteiger partial charge < -0.3 is 9.88 Å². The van der Waals surface area contributed by atoms with E-state index in [1.54, 1.807) is 66.5 Å². The van der Waals surface area contributed by atoms with Gasteiger partial charge in [0.1, 0.15) is 5.52 Å². The number of halogens is 2. The maximum absolute atomic E-state index is 15.1. The number of fused-ring (bicyclic) bond motifs is 1. The highest BCUT2D eigenvalue weighted by molar-refractivity contribution is 9.10. The number of aryl methyl sites for hydroxylation is 1. The molecular weight excluding hydrogens is 469 g/mol. The van der Waals surface area contributed by atoms with Crippen LogP contribution >= 0.6 is 15.9 Å². The van der Waals surface area contributed by atoms with Crippen molar-refractivity contribution in [2.75, 3.05) is 5.32 Å². The maximum atomic E-state index is 15.1. The average molecular weight is 486 g/mol. The van der Waals surface area contributed by atoms with Crippen LogP contribution in [-0.4, -0.2) is 18.0 Å². The van der Waals surface area contributed by atoms with Crippen molar-refractivity contribution in [2.24, 2.45) is 7.05 Å². The van der Waals surface area contributed by atoms with E-state index in [1.807, 2.05) is 0 Å². The molecule has 0 saturated heterocycles. The molecule has 1 N–H and O–H groups in total. The summed E-state index contributed by atoms with van der Waals surface area (Å²) in [4.78, 5) is 4.47. The number of imidazole rings is 1. The van der Waals surface area contributed by atoms with Crippen LogP contribution in [-0.2, 0) is 16.9 Å². The summed E-state index contributed by atoms with van der Waals surface area (Å²) in [7, 11) is -1.85. The van der Waals surface area contributed by atoms with Crippen molar-refractivity contribution in [3.8, 4) is 0 Å². The zero-order valence-corrected chi connectivity index (χ0v) is 18.3.